The van der Waals surface area contributed by atoms with E-state index in [1.165, 1.54) is 0 Å². The first-order chi connectivity index (χ1) is 16.3. The molecule has 180 valence electrons. The molecule has 2 heterocycles. The van der Waals surface area contributed by atoms with E-state index in [9.17, 15) is 9.59 Å². The highest BCUT2D eigenvalue weighted by molar-refractivity contribution is 5.78. The highest BCUT2D eigenvalue weighted by Gasteiger charge is 2.25. The molecule has 0 fully saturated rings. The number of alkyl carbamates (subject to hydrolysis) is 2. The molecule has 3 rings (SSSR count). The van der Waals surface area contributed by atoms with Gasteiger partial charge in [0.05, 0.1) is 11.4 Å². The molecular weight excluding hydrogens is 432 g/mol. The van der Waals surface area contributed by atoms with Gasteiger partial charge >= 0.3 is 12.2 Å². The van der Waals surface area contributed by atoms with Crippen LogP contribution in [0, 0.1) is 0 Å². The Morgan fingerprint density at radius 2 is 1.24 bits per heavy atom. The predicted molar refractivity (Wildman–Crippen MR) is 131 cm³/mol. The summed E-state index contributed by atoms with van der Waals surface area (Å²) in [5.74, 6) is 0. The number of carbonyl (C=O) groups excluding carboxylic acids is 2. The molecule has 34 heavy (non-hydrogen) atoms. The standard InChI is InChI=1S/C26H32N4O4/c1-17(2)28-25(31)33-15-21-22(16-34-26(32)29-18(3)4)24(20-11-13-27-14-12-20)30(5)23(21)19-9-7-6-8-10-19/h6-14,17-18H,15-16H2,1-5H3,(H,28,31)(H,29,32). The minimum absolute atomic E-state index is 0.0153. The fourth-order valence-corrected chi connectivity index (χ4v) is 3.79. The van der Waals surface area contributed by atoms with Crippen molar-refractivity contribution in [2.75, 3.05) is 0 Å². The van der Waals surface area contributed by atoms with Crippen LogP contribution in [0.15, 0.2) is 54.9 Å². The average Bonchev–Trinajstić information content (AvgIpc) is 3.07. The zero-order chi connectivity index (χ0) is 24.7. The summed E-state index contributed by atoms with van der Waals surface area (Å²) in [6.07, 6.45) is 2.41. The number of carbonyl (C=O) groups is 2. The Labute approximate surface area is 200 Å². The number of pyridine rings is 1. The average molecular weight is 465 g/mol. The Hall–Kier alpha value is -3.81. The van der Waals surface area contributed by atoms with Crippen LogP contribution in [0.3, 0.4) is 0 Å². The fraction of sp³-hybridized carbons (Fsp3) is 0.346. The second kappa shape index (κ2) is 11.4. The van der Waals surface area contributed by atoms with Crippen LogP contribution in [-0.4, -0.2) is 33.8 Å². The van der Waals surface area contributed by atoms with Gasteiger partial charge in [0.25, 0.3) is 0 Å². The molecule has 0 saturated heterocycles. The summed E-state index contributed by atoms with van der Waals surface area (Å²) < 4.78 is 13.2. The van der Waals surface area contributed by atoms with Crippen molar-refractivity contribution < 1.29 is 19.1 Å². The number of hydrogen-bond acceptors (Lipinski definition) is 5. The first-order valence-electron chi connectivity index (χ1n) is 11.3. The van der Waals surface area contributed by atoms with E-state index in [2.05, 4.69) is 15.6 Å². The summed E-state index contributed by atoms with van der Waals surface area (Å²) in [5, 5.41) is 5.49. The number of nitrogens with one attached hydrogen (secondary N) is 2. The summed E-state index contributed by atoms with van der Waals surface area (Å²) in [5.41, 5.74) is 5.16. The molecule has 1 aromatic carbocycles. The molecule has 2 N–H and O–H groups in total. The predicted octanol–water partition coefficient (Wildman–Crippen LogP) is 5.02. The van der Waals surface area contributed by atoms with Gasteiger partial charge in [0, 0.05) is 48.2 Å². The molecule has 0 saturated carbocycles. The van der Waals surface area contributed by atoms with Crippen LogP contribution in [0.4, 0.5) is 9.59 Å². The van der Waals surface area contributed by atoms with Gasteiger partial charge in [-0.05, 0) is 45.4 Å². The van der Waals surface area contributed by atoms with E-state index in [0.717, 1.165) is 33.6 Å². The lowest BCUT2D eigenvalue weighted by molar-refractivity contribution is 0.129. The van der Waals surface area contributed by atoms with Crippen LogP contribution in [0.5, 0.6) is 0 Å². The topological polar surface area (TPSA) is 94.5 Å². The van der Waals surface area contributed by atoms with Crippen LogP contribution in [0.2, 0.25) is 0 Å². The molecule has 0 bridgehead atoms. The van der Waals surface area contributed by atoms with E-state index < -0.39 is 12.2 Å². The lowest BCUT2D eigenvalue weighted by Gasteiger charge is -2.13. The molecule has 0 radical (unpaired) electrons. The summed E-state index contributed by atoms with van der Waals surface area (Å²) >= 11 is 0. The van der Waals surface area contributed by atoms with Gasteiger partial charge < -0.3 is 24.7 Å². The molecule has 0 spiro atoms. The highest BCUT2D eigenvalue weighted by atomic mass is 16.6. The largest absolute Gasteiger partial charge is 0.445 e. The van der Waals surface area contributed by atoms with Crippen LogP contribution in [0.25, 0.3) is 22.5 Å². The van der Waals surface area contributed by atoms with E-state index in [-0.39, 0.29) is 25.3 Å². The molecule has 0 aliphatic heterocycles. The summed E-state index contributed by atoms with van der Waals surface area (Å²) in [4.78, 5) is 28.7. The maximum Gasteiger partial charge on any atom is 0.407 e. The third-order valence-corrected chi connectivity index (χ3v) is 5.12. The van der Waals surface area contributed by atoms with Crippen molar-refractivity contribution in [1.82, 2.24) is 20.2 Å². The Kier molecular flexibility index (Phi) is 8.29. The first-order valence-corrected chi connectivity index (χ1v) is 11.3. The Bertz CT molecular complexity index is 1020. The number of benzene rings is 1. The molecule has 2 amide bonds. The number of nitrogens with zero attached hydrogens (tertiary/aromatic N) is 2. The Balaban J connectivity index is 2.11. The minimum atomic E-state index is -0.509. The van der Waals surface area contributed by atoms with Gasteiger partial charge in [0.1, 0.15) is 13.2 Å². The Morgan fingerprint density at radius 1 is 0.794 bits per heavy atom. The van der Waals surface area contributed by atoms with E-state index >= 15 is 0 Å². The van der Waals surface area contributed by atoms with Crippen molar-refractivity contribution in [3.05, 3.63) is 66.0 Å². The van der Waals surface area contributed by atoms with E-state index in [1.54, 1.807) is 12.4 Å². The Morgan fingerprint density at radius 3 is 1.68 bits per heavy atom. The monoisotopic (exact) mass is 464 g/mol. The smallest absolute Gasteiger partial charge is 0.407 e. The number of ether oxygens (including phenoxy) is 2. The van der Waals surface area contributed by atoms with Crippen molar-refractivity contribution in [2.45, 2.75) is 53.0 Å². The van der Waals surface area contributed by atoms with Crippen molar-refractivity contribution in [2.24, 2.45) is 7.05 Å². The van der Waals surface area contributed by atoms with Gasteiger partial charge in [-0.3, -0.25) is 4.98 Å². The van der Waals surface area contributed by atoms with Crippen LogP contribution in [-0.2, 0) is 29.7 Å². The molecule has 2 aromatic heterocycles. The van der Waals surface area contributed by atoms with Crippen molar-refractivity contribution in [3.63, 3.8) is 0 Å². The van der Waals surface area contributed by atoms with Crippen molar-refractivity contribution in [3.8, 4) is 22.5 Å². The van der Waals surface area contributed by atoms with E-state index in [1.807, 2.05) is 81.8 Å². The van der Waals surface area contributed by atoms with Gasteiger partial charge in [-0.25, -0.2) is 9.59 Å². The summed E-state index contributed by atoms with van der Waals surface area (Å²) in [6, 6.07) is 13.6. The molecule has 0 unspecified atom stereocenters. The normalized spacial score (nSPS) is 10.9. The molecular formula is C26H32N4O4. The molecule has 8 heteroatoms. The SMILES string of the molecule is CC(C)NC(=O)OCc1c(COC(=O)NC(C)C)c(-c2ccncc2)n(C)c1-c1ccccc1. The van der Waals surface area contributed by atoms with Gasteiger partial charge in [0.2, 0.25) is 0 Å². The molecule has 8 nitrogen and oxygen atoms in total. The van der Waals surface area contributed by atoms with E-state index in [4.69, 9.17) is 9.47 Å². The quantitative estimate of drug-likeness (QED) is 0.488. The summed E-state index contributed by atoms with van der Waals surface area (Å²) in [6.45, 7) is 7.51. The van der Waals surface area contributed by atoms with Crippen molar-refractivity contribution >= 4 is 12.2 Å². The van der Waals surface area contributed by atoms with E-state index in [0.29, 0.717) is 0 Å². The lowest BCUT2D eigenvalue weighted by Crippen LogP contribution is -2.31. The van der Waals surface area contributed by atoms with Gasteiger partial charge in [-0.15, -0.1) is 0 Å². The van der Waals surface area contributed by atoms with Gasteiger partial charge in [0.15, 0.2) is 0 Å². The van der Waals surface area contributed by atoms with Crippen LogP contribution >= 0.6 is 0 Å². The first kappa shape index (κ1) is 24.8. The van der Waals surface area contributed by atoms with Gasteiger partial charge in [-0.1, -0.05) is 30.3 Å². The maximum atomic E-state index is 12.3. The highest BCUT2D eigenvalue weighted by Crippen LogP contribution is 2.37. The minimum Gasteiger partial charge on any atom is -0.445 e. The molecule has 0 atom stereocenters. The lowest BCUT2D eigenvalue weighted by atomic mass is 10.0. The van der Waals surface area contributed by atoms with Crippen molar-refractivity contribution in [1.29, 1.82) is 0 Å². The number of aromatic nitrogens is 2. The second-order valence-electron chi connectivity index (χ2n) is 8.57. The third kappa shape index (κ3) is 6.15. The van der Waals surface area contributed by atoms with Gasteiger partial charge in [-0.2, -0.15) is 0 Å². The zero-order valence-corrected chi connectivity index (χ0v) is 20.3. The molecule has 0 aliphatic carbocycles. The second-order valence-corrected chi connectivity index (χ2v) is 8.57. The molecule has 0 aliphatic rings. The van der Waals surface area contributed by atoms with Crippen LogP contribution in [0.1, 0.15) is 38.8 Å². The fourth-order valence-electron chi connectivity index (χ4n) is 3.79. The maximum absolute atomic E-state index is 12.3. The zero-order valence-electron chi connectivity index (χ0n) is 20.3. The number of rotatable bonds is 8. The third-order valence-electron chi connectivity index (χ3n) is 5.12. The summed E-state index contributed by atoms with van der Waals surface area (Å²) in [7, 11) is 1.95. The number of amides is 2. The number of hydrogen-bond donors (Lipinski definition) is 2. The molecule has 3 aromatic rings. The van der Waals surface area contributed by atoms with Crippen LogP contribution < -0.4 is 10.6 Å².